The van der Waals surface area contributed by atoms with Crippen LogP contribution in [0.4, 0.5) is 0 Å². The van der Waals surface area contributed by atoms with Crippen molar-refractivity contribution in [2.75, 3.05) is 6.61 Å². The lowest BCUT2D eigenvalue weighted by atomic mass is 10.1. The van der Waals surface area contributed by atoms with Crippen molar-refractivity contribution in [2.24, 2.45) is 0 Å². The molecule has 0 heterocycles. The summed E-state index contributed by atoms with van der Waals surface area (Å²) in [4.78, 5) is 11.2. The van der Waals surface area contributed by atoms with Crippen LogP contribution in [0.1, 0.15) is 18.6 Å². The summed E-state index contributed by atoms with van der Waals surface area (Å²) in [6.07, 6.45) is -1.42. The fraction of sp³-hybridized carbons (Fsp3) is 0.300. The maximum atomic E-state index is 11.2. The van der Waals surface area contributed by atoms with Gasteiger partial charge in [0.25, 0.3) is 0 Å². The first kappa shape index (κ1) is 11.8. The molecule has 0 amide bonds. The van der Waals surface area contributed by atoms with E-state index < -0.39 is 12.1 Å². The molecule has 0 aliphatic carbocycles. The van der Waals surface area contributed by atoms with Crippen molar-refractivity contribution in [1.82, 2.24) is 0 Å². The molecule has 2 N–H and O–H groups in total. The zero-order chi connectivity index (χ0) is 11.4. The van der Waals surface area contributed by atoms with Crippen LogP contribution in [-0.4, -0.2) is 22.8 Å². The molecule has 1 unspecified atom stereocenters. The van der Waals surface area contributed by atoms with Crippen LogP contribution in [0, 0.1) is 0 Å². The van der Waals surface area contributed by atoms with Gasteiger partial charge >= 0.3 is 5.97 Å². The Hall–Kier alpha value is -1.26. The molecule has 82 valence electrons. The Labute approximate surface area is 92.1 Å². The van der Waals surface area contributed by atoms with Crippen LogP contribution in [0.25, 0.3) is 0 Å². The molecule has 0 aliphatic rings. The van der Waals surface area contributed by atoms with Gasteiger partial charge in [0, 0.05) is 5.56 Å². The van der Waals surface area contributed by atoms with E-state index in [1.54, 1.807) is 6.92 Å². The zero-order valence-electron chi connectivity index (χ0n) is 8.11. The van der Waals surface area contributed by atoms with E-state index >= 15 is 0 Å². The van der Waals surface area contributed by atoms with Gasteiger partial charge in [-0.3, -0.25) is 0 Å². The quantitative estimate of drug-likeness (QED) is 0.775. The Bertz CT molecular complexity index is 364. The highest BCUT2D eigenvalue weighted by atomic mass is 35.5. The second-order valence-electron chi connectivity index (χ2n) is 2.86. The van der Waals surface area contributed by atoms with Crippen LogP contribution >= 0.6 is 11.6 Å². The molecular formula is C10H11ClO4. The minimum Gasteiger partial charge on any atom is -0.508 e. The van der Waals surface area contributed by atoms with Gasteiger partial charge in [0.15, 0.2) is 6.10 Å². The van der Waals surface area contributed by atoms with Crippen LogP contribution < -0.4 is 0 Å². The van der Waals surface area contributed by atoms with E-state index in [2.05, 4.69) is 4.74 Å². The van der Waals surface area contributed by atoms with Crippen LogP contribution in [0.2, 0.25) is 5.02 Å². The molecule has 1 aromatic carbocycles. The average Bonchev–Trinajstić information content (AvgIpc) is 2.17. The van der Waals surface area contributed by atoms with Crippen molar-refractivity contribution >= 4 is 17.6 Å². The minimum absolute atomic E-state index is 0.0280. The van der Waals surface area contributed by atoms with Crippen LogP contribution in [0.15, 0.2) is 18.2 Å². The SMILES string of the molecule is CCOC(=O)C(O)c1ccc(O)cc1Cl. The maximum Gasteiger partial charge on any atom is 0.339 e. The highest BCUT2D eigenvalue weighted by Crippen LogP contribution is 2.27. The highest BCUT2D eigenvalue weighted by Gasteiger charge is 2.21. The van der Waals surface area contributed by atoms with Gasteiger partial charge in [0.2, 0.25) is 0 Å². The average molecular weight is 231 g/mol. The van der Waals surface area contributed by atoms with Gasteiger partial charge in [-0.2, -0.15) is 0 Å². The number of benzene rings is 1. The van der Waals surface area contributed by atoms with Gasteiger partial charge in [-0.1, -0.05) is 17.7 Å². The third-order valence-corrected chi connectivity index (χ3v) is 2.12. The van der Waals surface area contributed by atoms with E-state index in [-0.39, 0.29) is 22.9 Å². The third kappa shape index (κ3) is 2.84. The largest absolute Gasteiger partial charge is 0.508 e. The van der Waals surface area contributed by atoms with Crippen molar-refractivity contribution in [1.29, 1.82) is 0 Å². The molecule has 0 aliphatic heterocycles. The summed E-state index contributed by atoms with van der Waals surface area (Å²) in [5.74, 6) is -0.787. The second-order valence-corrected chi connectivity index (χ2v) is 3.27. The summed E-state index contributed by atoms with van der Waals surface area (Å²) in [5, 5.41) is 18.8. The predicted molar refractivity (Wildman–Crippen MR) is 54.7 cm³/mol. The van der Waals surface area contributed by atoms with Crippen LogP contribution in [0.3, 0.4) is 0 Å². The first-order chi connectivity index (χ1) is 7.06. The summed E-state index contributed by atoms with van der Waals surface area (Å²) in [7, 11) is 0. The molecule has 1 rings (SSSR count). The monoisotopic (exact) mass is 230 g/mol. The second kappa shape index (κ2) is 5.00. The smallest absolute Gasteiger partial charge is 0.339 e. The number of hydrogen-bond donors (Lipinski definition) is 2. The number of aromatic hydroxyl groups is 1. The third-order valence-electron chi connectivity index (χ3n) is 1.79. The number of aliphatic hydroxyl groups excluding tert-OH is 1. The molecule has 1 aromatic rings. The Balaban J connectivity index is 2.91. The lowest BCUT2D eigenvalue weighted by molar-refractivity contribution is -0.153. The number of phenolic OH excluding ortho intramolecular Hbond substituents is 1. The normalized spacial score (nSPS) is 12.2. The minimum atomic E-state index is -1.42. The Morgan fingerprint density at radius 2 is 2.27 bits per heavy atom. The maximum absolute atomic E-state index is 11.2. The zero-order valence-corrected chi connectivity index (χ0v) is 8.86. The van der Waals surface area contributed by atoms with Crippen LogP contribution in [-0.2, 0) is 9.53 Å². The summed E-state index contributed by atoms with van der Waals surface area (Å²) in [6, 6.07) is 3.96. The van der Waals surface area contributed by atoms with Gasteiger partial charge in [-0.15, -0.1) is 0 Å². The lowest BCUT2D eigenvalue weighted by Crippen LogP contribution is -2.15. The van der Waals surface area contributed by atoms with Crippen LogP contribution in [0.5, 0.6) is 5.75 Å². The number of carbonyl (C=O) groups excluding carboxylic acids is 1. The van der Waals surface area contributed by atoms with Gasteiger partial charge in [-0.05, 0) is 19.1 Å². The molecule has 15 heavy (non-hydrogen) atoms. The van der Waals surface area contributed by atoms with Crippen molar-refractivity contribution in [2.45, 2.75) is 13.0 Å². The summed E-state index contributed by atoms with van der Waals surface area (Å²) in [5.41, 5.74) is 0.216. The number of hydrogen-bond acceptors (Lipinski definition) is 4. The lowest BCUT2D eigenvalue weighted by Gasteiger charge is -2.11. The van der Waals surface area contributed by atoms with Crippen molar-refractivity contribution in [3.63, 3.8) is 0 Å². The summed E-state index contributed by atoms with van der Waals surface area (Å²) in [6.45, 7) is 1.83. The Morgan fingerprint density at radius 3 is 2.80 bits per heavy atom. The Morgan fingerprint density at radius 1 is 1.60 bits per heavy atom. The number of esters is 1. The molecular weight excluding hydrogens is 220 g/mol. The fourth-order valence-corrected chi connectivity index (χ4v) is 1.36. The fourth-order valence-electron chi connectivity index (χ4n) is 1.09. The molecule has 0 fully saturated rings. The van der Waals surface area contributed by atoms with E-state index in [1.807, 2.05) is 0 Å². The van der Waals surface area contributed by atoms with Gasteiger partial charge in [0.1, 0.15) is 5.75 Å². The molecule has 0 radical (unpaired) electrons. The molecule has 0 saturated heterocycles. The van der Waals surface area contributed by atoms with Crippen molar-refractivity contribution in [3.8, 4) is 5.75 Å². The first-order valence-electron chi connectivity index (χ1n) is 4.39. The van der Waals surface area contributed by atoms with E-state index in [9.17, 15) is 9.90 Å². The number of carbonyl (C=O) groups is 1. The molecule has 1 atom stereocenters. The Kier molecular flexibility index (Phi) is 3.94. The standard InChI is InChI=1S/C10H11ClO4/c1-2-15-10(14)9(13)7-4-3-6(12)5-8(7)11/h3-5,9,12-13H,2H2,1H3. The highest BCUT2D eigenvalue weighted by molar-refractivity contribution is 6.31. The number of halogens is 1. The molecule has 5 heteroatoms. The van der Waals surface area contributed by atoms with Gasteiger partial charge < -0.3 is 14.9 Å². The van der Waals surface area contributed by atoms with E-state index in [4.69, 9.17) is 16.7 Å². The van der Waals surface area contributed by atoms with Gasteiger partial charge in [-0.25, -0.2) is 4.79 Å². The molecule has 0 aromatic heterocycles. The van der Waals surface area contributed by atoms with E-state index in [0.29, 0.717) is 0 Å². The van der Waals surface area contributed by atoms with Crippen molar-refractivity contribution in [3.05, 3.63) is 28.8 Å². The topological polar surface area (TPSA) is 66.8 Å². The number of rotatable bonds is 3. The van der Waals surface area contributed by atoms with Crippen molar-refractivity contribution < 1.29 is 19.7 Å². The number of ether oxygens (including phenoxy) is 1. The molecule has 0 spiro atoms. The number of phenols is 1. The first-order valence-corrected chi connectivity index (χ1v) is 4.77. The van der Waals surface area contributed by atoms with Gasteiger partial charge in [0.05, 0.1) is 11.6 Å². The number of aliphatic hydroxyl groups is 1. The molecule has 0 bridgehead atoms. The summed E-state index contributed by atoms with van der Waals surface area (Å²) >= 11 is 5.74. The van der Waals surface area contributed by atoms with E-state index in [0.717, 1.165) is 0 Å². The summed E-state index contributed by atoms with van der Waals surface area (Å²) < 4.78 is 4.63. The molecule has 4 nitrogen and oxygen atoms in total. The molecule has 0 saturated carbocycles. The van der Waals surface area contributed by atoms with E-state index in [1.165, 1.54) is 18.2 Å². The predicted octanol–water partition coefficient (Wildman–Crippen LogP) is 1.64.